The fraction of sp³-hybridized carbons (Fsp3) is 0.417. The van der Waals surface area contributed by atoms with Gasteiger partial charge in [0, 0.05) is 5.02 Å². The molecule has 0 aliphatic carbocycles. The van der Waals surface area contributed by atoms with Crippen molar-refractivity contribution in [3.8, 4) is 6.07 Å². The second kappa shape index (κ2) is 5.75. The lowest BCUT2D eigenvalue weighted by Crippen LogP contribution is -2.16. The summed E-state index contributed by atoms with van der Waals surface area (Å²) in [6.07, 6.45) is 0.878. The van der Waals surface area contributed by atoms with E-state index in [9.17, 15) is 5.11 Å². The Labute approximate surface area is 95.1 Å². The van der Waals surface area contributed by atoms with E-state index >= 15 is 0 Å². The van der Waals surface area contributed by atoms with Gasteiger partial charge in [0.05, 0.1) is 18.1 Å². The Kier molecular flexibility index (Phi) is 4.61. The summed E-state index contributed by atoms with van der Waals surface area (Å²) in [4.78, 5) is 0. The number of aliphatic hydroxyl groups is 1. The molecular formula is C12H14ClNO. The first-order chi connectivity index (χ1) is 7.19. The predicted molar refractivity (Wildman–Crippen MR) is 60.7 cm³/mol. The molecule has 2 atom stereocenters. The van der Waals surface area contributed by atoms with Gasteiger partial charge in [0.25, 0.3) is 0 Å². The van der Waals surface area contributed by atoms with Crippen LogP contribution in [-0.2, 0) is 0 Å². The molecule has 1 aromatic carbocycles. The fourth-order valence-electron chi connectivity index (χ4n) is 1.55. The van der Waals surface area contributed by atoms with Crippen molar-refractivity contribution in [1.82, 2.24) is 0 Å². The number of halogens is 1. The Morgan fingerprint density at radius 2 is 2.27 bits per heavy atom. The molecule has 3 heteroatoms. The van der Waals surface area contributed by atoms with Gasteiger partial charge in [-0.1, -0.05) is 37.1 Å². The van der Waals surface area contributed by atoms with Gasteiger partial charge in [-0.2, -0.15) is 5.26 Å². The van der Waals surface area contributed by atoms with Crippen molar-refractivity contribution in [2.45, 2.75) is 31.8 Å². The monoisotopic (exact) mass is 223 g/mol. The molecular weight excluding hydrogens is 210 g/mol. The first kappa shape index (κ1) is 12.0. The Morgan fingerprint density at radius 3 is 2.80 bits per heavy atom. The second-order valence-electron chi connectivity index (χ2n) is 3.52. The van der Waals surface area contributed by atoms with Crippen molar-refractivity contribution in [3.05, 3.63) is 34.9 Å². The standard InChI is InChI=1S/C12H14ClNO/c1-2-4-12(15)11(8-14)9-5-3-6-10(13)7-9/h3,5-7,11-12,15H,2,4H2,1H3. The van der Waals surface area contributed by atoms with Crippen molar-refractivity contribution >= 4 is 11.6 Å². The van der Waals surface area contributed by atoms with Gasteiger partial charge in [0.2, 0.25) is 0 Å². The van der Waals surface area contributed by atoms with E-state index in [1.165, 1.54) is 0 Å². The molecule has 2 unspecified atom stereocenters. The smallest absolute Gasteiger partial charge is 0.0972 e. The zero-order valence-corrected chi connectivity index (χ0v) is 9.41. The highest BCUT2D eigenvalue weighted by atomic mass is 35.5. The molecule has 0 bridgehead atoms. The number of rotatable bonds is 4. The average molecular weight is 224 g/mol. The van der Waals surface area contributed by atoms with Gasteiger partial charge in [0.1, 0.15) is 0 Å². The van der Waals surface area contributed by atoms with Crippen LogP contribution in [0.2, 0.25) is 5.02 Å². The van der Waals surface area contributed by atoms with Gasteiger partial charge in [-0.15, -0.1) is 0 Å². The number of benzene rings is 1. The van der Waals surface area contributed by atoms with E-state index in [2.05, 4.69) is 6.07 Å². The van der Waals surface area contributed by atoms with Crippen LogP contribution in [0.25, 0.3) is 0 Å². The number of aliphatic hydroxyl groups excluding tert-OH is 1. The molecule has 0 amide bonds. The highest BCUT2D eigenvalue weighted by molar-refractivity contribution is 6.30. The number of hydrogen-bond acceptors (Lipinski definition) is 2. The van der Waals surface area contributed by atoms with E-state index in [1.807, 2.05) is 13.0 Å². The van der Waals surface area contributed by atoms with E-state index in [4.69, 9.17) is 16.9 Å². The van der Waals surface area contributed by atoms with Crippen LogP contribution < -0.4 is 0 Å². The Balaban J connectivity index is 2.88. The number of nitriles is 1. The van der Waals surface area contributed by atoms with Crippen molar-refractivity contribution in [2.75, 3.05) is 0 Å². The lowest BCUT2D eigenvalue weighted by atomic mass is 9.92. The highest BCUT2D eigenvalue weighted by Gasteiger charge is 2.19. The SMILES string of the molecule is CCCC(O)C(C#N)c1cccc(Cl)c1. The van der Waals surface area contributed by atoms with Crippen LogP contribution in [-0.4, -0.2) is 11.2 Å². The summed E-state index contributed by atoms with van der Waals surface area (Å²) in [5, 5.41) is 19.4. The molecule has 1 N–H and O–H groups in total. The lowest BCUT2D eigenvalue weighted by Gasteiger charge is -2.16. The fourth-order valence-corrected chi connectivity index (χ4v) is 1.74. The van der Waals surface area contributed by atoms with Gasteiger partial charge in [-0.25, -0.2) is 0 Å². The molecule has 15 heavy (non-hydrogen) atoms. The minimum atomic E-state index is -0.613. The summed E-state index contributed by atoms with van der Waals surface area (Å²) in [7, 11) is 0. The van der Waals surface area contributed by atoms with E-state index in [-0.39, 0.29) is 0 Å². The molecule has 2 nitrogen and oxygen atoms in total. The molecule has 0 saturated heterocycles. The summed E-state index contributed by atoms with van der Waals surface area (Å²) in [5.74, 6) is -0.483. The van der Waals surface area contributed by atoms with Gasteiger partial charge in [-0.05, 0) is 24.1 Å². The van der Waals surface area contributed by atoms with Gasteiger partial charge >= 0.3 is 0 Å². The first-order valence-corrected chi connectivity index (χ1v) is 5.40. The van der Waals surface area contributed by atoms with Crippen LogP contribution in [0.1, 0.15) is 31.2 Å². The molecule has 0 aliphatic heterocycles. The van der Waals surface area contributed by atoms with Crippen LogP contribution in [0.4, 0.5) is 0 Å². The second-order valence-corrected chi connectivity index (χ2v) is 3.95. The molecule has 0 spiro atoms. The summed E-state index contributed by atoms with van der Waals surface area (Å²) in [6, 6.07) is 9.22. The Hall–Kier alpha value is -1.04. The zero-order valence-electron chi connectivity index (χ0n) is 8.65. The van der Waals surface area contributed by atoms with Crippen LogP contribution in [0.3, 0.4) is 0 Å². The topological polar surface area (TPSA) is 44.0 Å². The Morgan fingerprint density at radius 1 is 1.53 bits per heavy atom. The highest BCUT2D eigenvalue weighted by Crippen LogP contribution is 2.24. The van der Waals surface area contributed by atoms with Crippen LogP contribution >= 0.6 is 11.6 Å². The summed E-state index contributed by atoms with van der Waals surface area (Å²) < 4.78 is 0. The summed E-state index contributed by atoms with van der Waals surface area (Å²) in [6.45, 7) is 1.98. The minimum absolute atomic E-state index is 0.483. The third kappa shape index (κ3) is 3.23. The zero-order chi connectivity index (χ0) is 11.3. The Bertz CT molecular complexity index is 359. The average Bonchev–Trinajstić information content (AvgIpc) is 2.19. The molecule has 0 aliphatic rings. The largest absolute Gasteiger partial charge is 0.391 e. The van der Waals surface area contributed by atoms with Gasteiger partial charge < -0.3 is 5.11 Å². The maximum atomic E-state index is 9.79. The third-order valence-corrected chi connectivity index (χ3v) is 2.55. The lowest BCUT2D eigenvalue weighted by molar-refractivity contribution is 0.150. The molecule has 0 heterocycles. The summed E-state index contributed by atoms with van der Waals surface area (Å²) >= 11 is 5.84. The number of nitrogens with zero attached hydrogens (tertiary/aromatic N) is 1. The molecule has 0 radical (unpaired) electrons. The molecule has 0 fully saturated rings. The van der Waals surface area contributed by atoms with Crippen LogP contribution in [0, 0.1) is 11.3 Å². The quantitative estimate of drug-likeness (QED) is 0.853. The molecule has 0 aromatic heterocycles. The van der Waals surface area contributed by atoms with E-state index in [0.29, 0.717) is 11.4 Å². The molecule has 0 saturated carbocycles. The van der Waals surface area contributed by atoms with Crippen molar-refractivity contribution in [2.24, 2.45) is 0 Å². The van der Waals surface area contributed by atoms with Crippen LogP contribution in [0.15, 0.2) is 24.3 Å². The maximum Gasteiger partial charge on any atom is 0.0972 e. The van der Waals surface area contributed by atoms with E-state index in [0.717, 1.165) is 12.0 Å². The molecule has 80 valence electrons. The van der Waals surface area contributed by atoms with Gasteiger partial charge in [0.15, 0.2) is 0 Å². The van der Waals surface area contributed by atoms with Gasteiger partial charge in [-0.3, -0.25) is 0 Å². The maximum absolute atomic E-state index is 9.79. The minimum Gasteiger partial charge on any atom is -0.391 e. The van der Waals surface area contributed by atoms with Crippen LogP contribution in [0.5, 0.6) is 0 Å². The van der Waals surface area contributed by atoms with Crippen molar-refractivity contribution in [3.63, 3.8) is 0 Å². The third-order valence-electron chi connectivity index (χ3n) is 2.32. The predicted octanol–water partition coefficient (Wildman–Crippen LogP) is 3.11. The van der Waals surface area contributed by atoms with Crippen molar-refractivity contribution < 1.29 is 5.11 Å². The van der Waals surface area contributed by atoms with E-state index in [1.54, 1.807) is 18.2 Å². The summed E-state index contributed by atoms with van der Waals surface area (Å²) in [5.41, 5.74) is 0.783. The van der Waals surface area contributed by atoms with Crippen molar-refractivity contribution in [1.29, 1.82) is 5.26 Å². The first-order valence-electron chi connectivity index (χ1n) is 5.02. The molecule has 1 rings (SSSR count). The van der Waals surface area contributed by atoms with E-state index < -0.39 is 12.0 Å². The number of hydrogen-bond donors (Lipinski definition) is 1. The normalized spacial score (nSPS) is 14.3. The molecule has 1 aromatic rings.